The minimum Gasteiger partial charge on any atom is -0.387 e. The van der Waals surface area contributed by atoms with Crippen molar-refractivity contribution in [1.29, 1.82) is 0 Å². The third-order valence-electron chi connectivity index (χ3n) is 3.46. The first kappa shape index (κ1) is 14.7. The molecule has 110 valence electrons. The molecule has 1 N–H and O–H groups in total. The summed E-state index contributed by atoms with van der Waals surface area (Å²) in [6.45, 7) is 6.48. The lowest BCUT2D eigenvalue weighted by Crippen LogP contribution is -2.11. The number of aliphatic hydroxyl groups is 1. The molecule has 3 rings (SSSR count). The molecule has 0 saturated carbocycles. The van der Waals surface area contributed by atoms with Crippen LogP contribution in [0.15, 0.2) is 35.7 Å². The highest BCUT2D eigenvalue weighted by Gasteiger charge is 2.19. The van der Waals surface area contributed by atoms with Crippen molar-refractivity contribution in [2.24, 2.45) is 0 Å². The third kappa shape index (κ3) is 3.18. The van der Waals surface area contributed by atoms with E-state index in [1.54, 1.807) is 22.7 Å². The number of rotatable bonds is 3. The number of benzene rings is 1. The van der Waals surface area contributed by atoms with Gasteiger partial charge in [-0.2, -0.15) is 0 Å². The maximum absolute atomic E-state index is 10.5. The Morgan fingerprint density at radius 2 is 2.00 bits per heavy atom. The van der Waals surface area contributed by atoms with Crippen molar-refractivity contribution in [1.82, 2.24) is 4.98 Å². The average Bonchev–Trinajstić information content (AvgIpc) is 3.03. The van der Waals surface area contributed by atoms with Crippen LogP contribution in [0.2, 0.25) is 0 Å². The topological polar surface area (TPSA) is 33.1 Å². The Morgan fingerprint density at radius 3 is 2.67 bits per heavy atom. The van der Waals surface area contributed by atoms with Crippen molar-refractivity contribution < 1.29 is 5.11 Å². The summed E-state index contributed by atoms with van der Waals surface area (Å²) in [7, 11) is 0. The number of hydrogen-bond donors (Lipinski definition) is 1. The van der Waals surface area contributed by atoms with Gasteiger partial charge in [0, 0.05) is 26.8 Å². The average molecular weight is 317 g/mol. The van der Waals surface area contributed by atoms with Gasteiger partial charge in [0.15, 0.2) is 0 Å². The smallest absolute Gasteiger partial charge is 0.0958 e. The van der Waals surface area contributed by atoms with Crippen LogP contribution in [0.1, 0.15) is 42.5 Å². The summed E-state index contributed by atoms with van der Waals surface area (Å²) >= 11 is 3.30. The van der Waals surface area contributed by atoms with Gasteiger partial charge in [-0.25, -0.2) is 4.98 Å². The van der Waals surface area contributed by atoms with Crippen molar-refractivity contribution in [2.45, 2.75) is 38.7 Å². The summed E-state index contributed by atoms with van der Waals surface area (Å²) in [5.41, 5.74) is 1.17. The van der Waals surface area contributed by atoms with Crippen LogP contribution in [0, 0.1) is 0 Å². The Bertz CT molecular complexity index is 718. The van der Waals surface area contributed by atoms with Crippen LogP contribution < -0.4 is 0 Å². The fourth-order valence-electron chi connectivity index (χ4n) is 2.18. The van der Waals surface area contributed by atoms with Crippen LogP contribution >= 0.6 is 22.7 Å². The predicted octanol–water partition coefficient (Wildman–Crippen LogP) is 4.93. The van der Waals surface area contributed by atoms with Gasteiger partial charge < -0.3 is 5.11 Å². The zero-order chi connectivity index (χ0) is 15.0. The van der Waals surface area contributed by atoms with E-state index in [2.05, 4.69) is 49.3 Å². The molecule has 0 aliphatic carbocycles. The van der Waals surface area contributed by atoms with E-state index in [1.165, 1.54) is 10.1 Å². The zero-order valence-corrected chi connectivity index (χ0v) is 14.1. The first-order chi connectivity index (χ1) is 9.93. The summed E-state index contributed by atoms with van der Waals surface area (Å²) in [5.74, 6) is 0. The van der Waals surface area contributed by atoms with Gasteiger partial charge in [-0.05, 0) is 17.5 Å². The second kappa shape index (κ2) is 5.52. The van der Waals surface area contributed by atoms with Gasteiger partial charge >= 0.3 is 0 Å². The molecule has 0 saturated heterocycles. The summed E-state index contributed by atoms with van der Waals surface area (Å²) < 4.78 is 1.22. The van der Waals surface area contributed by atoms with Crippen molar-refractivity contribution in [3.8, 4) is 0 Å². The summed E-state index contributed by atoms with van der Waals surface area (Å²) in [5, 5.41) is 14.8. The van der Waals surface area contributed by atoms with Crippen molar-refractivity contribution in [3.63, 3.8) is 0 Å². The molecule has 2 nitrogen and oxygen atoms in total. The molecule has 0 aliphatic rings. The highest BCUT2D eigenvalue weighted by Crippen LogP contribution is 2.32. The molecular weight excluding hydrogens is 298 g/mol. The number of aliphatic hydroxyl groups excluding tert-OH is 1. The molecule has 2 heterocycles. The largest absolute Gasteiger partial charge is 0.387 e. The van der Waals surface area contributed by atoms with Crippen LogP contribution in [0.25, 0.3) is 10.1 Å². The number of hydrogen-bond acceptors (Lipinski definition) is 4. The molecule has 2 aromatic heterocycles. The van der Waals surface area contributed by atoms with Crippen molar-refractivity contribution in [3.05, 3.63) is 51.3 Å². The minimum absolute atomic E-state index is 0.0668. The van der Waals surface area contributed by atoms with Crippen LogP contribution in [-0.2, 0) is 11.8 Å². The maximum atomic E-state index is 10.5. The van der Waals surface area contributed by atoms with Gasteiger partial charge in [0.1, 0.15) is 0 Å². The monoisotopic (exact) mass is 317 g/mol. The normalized spacial score (nSPS) is 13.7. The van der Waals surface area contributed by atoms with E-state index in [0.717, 1.165) is 15.6 Å². The Labute approximate surface area is 133 Å². The van der Waals surface area contributed by atoms with E-state index in [1.807, 2.05) is 12.1 Å². The predicted molar refractivity (Wildman–Crippen MR) is 91.3 cm³/mol. The van der Waals surface area contributed by atoms with Crippen LogP contribution in [0.3, 0.4) is 0 Å². The van der Waals surface area contributed by atoms with Gasteiger partial charge in [-0.15, -0.1) is 22.7 Å². The standard InChI is InChI=1S/C17H19NOS2/c1-17(2,3)15-10-20-16(18-15)9-12(19)14-8-11-6-4-5-7-13(11)21-14/h4-8,10,12,19H,9H2,1-3H3. The molecule has 21 heavy (non-hydrogen) atoms. The molecular formula is C17H19NOS2. The summed E-state index contributed by atoms with van der Waals surface area (Å²) in [6, 6.07) is 10.3. The highest BCUT2D eigenvalue weighted by atomic mass is 32.1. The van der Waals surface area contributed by atoms with Gasteiger partial charge in [0.2, 0.25) is 0 Å². The molecule has 0 spiro atoms. The highest BCUT2D eigenvalue weighted by molar-refractivity contribution is 7.19. The number of thiophene rings is 1. The quantitative estimate of drug-likeness (QED) is 0.743. The molecule has 0 amide bonds. The van der Waals surface area contributed by atoms with Gasteiger partial charge in [-0.3, -0.25) is 0 Å². The SMILES string of the molecule is CC(C)(C)c1csc(CC(O)c2cc3ccccc3s2)n1. The van der Waals surface area contributed by atoms with E-state index in [9.17, 15) is 5.11 Å². The Kier molecular flexibility index (Phi) is 3.86. The first-order valence-electron chi connectivity index (χ1n) is 7.05. The lowest BCUT2D eigenvalue weighted by molar-refractivity contribution is 0.182. The van der Waals surface area contributed by atoms with E-state index in [4.69, 9.17) is 0 Å². The summed E-state index contributed by atoms with van der Waals surface area (Å²) in [4.78, 5) is 5.68. The molecule has 0 aliphatic heterocycles. The maximum Gasteiger partial charge on any atom is 0.0958 e. The van der Waals surface area contributed by atoms with E-state index < -0.39 is 6.10 Å². The number of nitrogens with zero attached hydrogens (tertiary/aromatic N) is 1. The first-order valence-corrected chi connectivity index (χ1v) is 8.74. The lowest BCUT2D eigenvalue weighted by atomic mass is 9.93. The van der Waals surface area contributed by atoms with E-state index in [0.29, 0.717) is 6.42 Å². The zero-order valence-electron chi connectivity index (χ0n) is 12.5. The van der Waals surface area contributed by atoms with Gasteiger partial charge in [-0.1, -0.05) is 39.0 Å². The fourth-order valence-corrected chi connectivity index (χ4v) is 4.29. The number of aromatic nitrogens is 1. The van der Waals surface area contributed by atoms with Crippen LogP contribution in [0.5, 0.6) is 0 Å². The van der Waals surface area contributed by atoms with Gasteiger partial charge in [0.25, 0.3) is 0 Å². The Balaban J connectivity index is 1.79. The van der Waals surface area contributed by atoms with Crippen molar-refractivity contribution >= 4 is 32.8 Å². The van der Waals surface area contributed by atoms with Crippen molar-refractivity contribution in [2.75, 3.05) is 0 Å². The van der Waals surface area contributed by atoms with Crippen LogP contribution in [0.4, 0.5) is 0 Å². The molecule has 0 bridgehead atoms. The second-order valence-corrected chi connectivity index (χ2v) is 8.34. The number of thiazole rings is 1. The second-order valence-electron chi connectivity index (χ2n) is 6.28. The number of fused-ring (bicyclic) bond motifs is 1. The fraction of sp³-hybridized carbons (Fsp3) is 0.353. The Morgan fingerprint density at radius 1 is 1.24 bits per heavy atom. The summed E-state index contributed by atoms with van der Waals surface area (Å²) in [6.07, 6.45) is 0.120. The lowest BCUT2D eigenvalue weighted by Gasteiger charge is -2.14. The minimum atomic E-state index is -0.471. The van der Waals surface area contributed by atoms with Crippen LogP contribution in [-0.4, -0.2) is 10.1 Å². The van der Waals surface area contributed by atoms with E-state index in [-0.39, 0.29) is 5.41 Å². The molecule has 0 fully saturated rings. The molecule has 4 heteroatoms. The molecule has 0 radical (unpaired) electrons. The van der Waals surface area contributed by atoms with E-state index >= 15 is 0 Å². The van der Waals surface area contributed by atoms with Gasteiger partial charge in [0.05, 0.1) is 16.8 Å². The molecule has 1 unspecified atom stereocenters. The molecule has 1 aromatic carbocycles. The third-order valence-corrected chi connectivity index (χ3v) is 5.55. The molecule has 3 aromatic rings. The Hall–Kier alpha value is -1.23. The molecule has 1 atom stereocenters.